The van der Waals surface area contributed by atoms with Crippen molar-refractivity contribution in [1.29, 1.82) is 0 Å². The molecule has 2 amide bonds. The van der Waals surface area contributed by atoms with E-state index in [-0.39, 0.29) is 39.8 Å². The highest BCUT2D eigenvalue weighted by Crippen LogP contribution is 2.35. The summed E-state index contributed by atoms with van der Waals surface area (Å²) < 4.78 is 40.0. The lowest BCUT2D eigenvalue weighted by molar-refractivity contribution is -0.140. The van der Waals surface area contributed by atoms with E-state index >= 15 is 0 Å². The normalized spacial score (nSPS) is 12.0. The van der Waals surface area contributed by atoms with Crippen molar-refractivity contribution in [3.63, 3.8) is 0 Å². The third kappa shape index (κ3) is 7.95. The van der Waals surface area contributed by atoms with Crippen LogP contribution in [-0.2, 0) is 26.2 Å². The second-order valence-corrected chi connectivity index (χ2v) is 12.4. The topological polar surface area (TPSA) is 105 Å². The molecular weight excluding hydrogens is 578 g/mol. The minimum atomic E-state index is -4.28. The SMILES string of the molecule is CC[C@H](C(=O)NC(C)C)N(Cc1cccc(OC)c1)C(=O)CN(c1cc(Cl)ccc1OC)S(=O)(=O)c1ccc(C)cc1. The average molecular weight is 616 g/mol. The fourth-order valence-corrected chi connectivity index (χ4v) is 6.06. The van der Waals surface area contributed by atoms with Crippen molar-refractivity contribution in [1.82, 2.24) is 10.2 Å². The van der Waals surface area contributed by atoms with Crippen molar-refractivity contribution in [2.75, 3.05) is 25.1 Å². The van der Waals surface area contributed by atoms with Gasteiger partial charge in [-0.3, -0.25) is 13.9 Å². The van der Waals surface area contributed by atoms with Gasteiger partial charge in [-0.15, -0.1) is 0 Å². The van der Waals surface area contributed by atoms with Crippen LogP contribution < -0.4 is 19.1 Å². The molecule has 3 aromatic carbocycles. The number of benzene rings is 3. The fourth-order valence-electron chi connectivity index (χ4n) is 4.48. The van der Waals surface area contributed by atoms with Gasteiger partial charge in [0.05, 0.1) is 24.8 Å². The maximum absolute atomic E-state index is 14.2. The van der Waals surface area contributed by atoms with Crippen molar-refractivity contribution in [2.45, 2.75) is 57.6 Å². The van der Waals surface area contributed by atoms with E-state index < -0.39 is 28.5 Å². The lowest BCUT2D eigenvalue weighted by Crippen LogP contribution is -2.53. The van der Waals surface area contributed by atoms with E-state index in [1.54, 1.807) is 56.5 Å². The van der Waals surface area contributed by atoms with Crippen LogP contribution in [0.15, 0.2) is 71.6 Å². The molecule has 3 rings (SSSR count). The average Bonchev–Trinajstić information content (AvgIpc) is 2.95. The zero-order valence-corrected chi connectivity index (χ0v) is 26.3. The molecule has 0 spiro atoms. The number of carbonyl (C=O) groups excluding carboxylic acids is 2. The van der Waals surface area contributed by atoms with E-state index in [1.807, 2.05) is 26.8 Å². The summed E-state index contributed by atoms with van der Waals surface area (Å²) in [6.07, 6.45) is 0.305. The molecule has 0 aliphatic carbocycles. The Morgan fingerprint density at radius 1 is 0.976 bits per heavy atom. The highest BCUT2D eigenvalue weighted by atomic mass is 35.5. The molecule has 0 aromatic heterocycles. The lowest BCUT2D eigenvalue weighted by Gasteiger charge is -2.34. The molecule has 0 fully saturated rings. The summed E-state index contributed by atoms with van der Waals surface area (Å²) in [5, 5.41) is 3.15. The van der Waals surface area contributed by atoms with Crippen LogP contribution in [0.25, 0.3) is 0 Å². The van der Waals surface area contributed by atoms with Crippen LogP contribution in [0.3, 0.4) is 0 Å². The zero-order valence-electron chi connectivity index (χ0n) is 24.8. The summed E-state index contributed by atoms with van der Waals surface area (Å²) in [5.41, 5.74) is 1.69. The van der Waals surface area contributed by atoms with Gasteiger partial charge in [0, 0.05) is 17.6 Å². The number of methoxy groups -OCH3 is 2. The lowest BCUT2D eigenvalue weighted by atomic mass is 10.1. The monoisotopic (exact) mass is 615 g/mol. The summed E-state index contributed by atoms with van der Waals surface area (Å²) in [5.74, 6) is -0.114. The minimum absolute atomic E-state index is 0.00753. The van der Waals surface area contributed by atoms with Crippen LogP contribution in [0.2, 0.25) is 5.02 Å². The predicted octanol–water partition coefficient (Wildman–Crippen LogP) is 5.19. The van der Waals surface area contributed by atoms with Crippen molar-refractivity contribution in [2.24, 2.45) is 0 Å². The molecule has 0 bridgehead atoms. The number of halogens is 1. The number of anilines is 1. The number of ether oxygens (including phenoxy) is 2. The molecule has 42 heavy (non-hydrogen) atoms. The van der Waals surface area contributed by atoms with Crippen molar-refractivity contribution < 1.29 is 27.5 Å². The van der Waals surface area contributed by atoms with Gasteiger partial charge in [-0.2, -0.15) is 0 Å². The molecule has 0 saturated carbocycles. The third-order valence-electron chi connectivity index (χ3n) is 6.60. The predicted molar refractivity (Wildman–Crippen MR) is 165 cm³/mol. The number of amides is 2. The number of carbonyl (C=O) groups is 2. The van der Waals surface area contributed by atoms with Gasteiger partial charge in [0.1, 0.15) is 24.1 Å². The molecule has 0 heterocycles. The highest BCUT2D eigenvalue weighted by molar-refractivity contribution is 7.92. The van der Waals surface area contributed by atoms with Crippen LogP contribution in [-0.4, -0.2) is 58.0 Å². The molecule has 0 radical (unpaired) electrons. The summed E-state index contributed by atoms with van der Waals surface area (Å²) in [4.78, 5) is 28.9. The second-order valence-electron chi connectivity index (χ2n) is 10.1. The van der Waals surface area contributed by atoms with Crippen molar-refractivity contribution >= 4 is 39.1 Å². The first-order valence-electron chi connectivity index (χ1n) is 13.6. The highest BCUT2D eigenvalue weighted by Gasteiger charge is 2.35. The summed E-state index contributed by atoms with van der Waals surface area (Å²) in [7, 11) is -1.33. The zero-order chi connectivity index (χ0) is 31.0. The van der Waals surface area contributed by atoms with Crippen molar-refractivity contribution in [3.8, 4) is 11.5 Å². The van der Waals surface area contributed by atoms with E-state index in [1.165, 1.54) is 30.2 Å². The number of nitrogens with zero attached hydrogens (tertiary/aromatic N) is 2. The molecule has 3 aromatic rings. The molecule has 11 heteroatoms. The standard InChI is InChI=1S/C31H38ClN3O6S/c1-7-27(31(37)33-21(2)3)34(19-23-9-8-10-25(17-23)40-5)30(36)20-35(28-18-24(32)13-16-29(28)41-6)42(38,39)26-14-11-22(4)12-15-26/h8-18,21,27H,7,19-20H2,1-6H3,(H,33,37)/t27-/m1/s1. The van der Waals surface area contributed by atoms with Gasteiger partial charge in [0.15, 0.2) is 0 Å². The van der Waals surface area contributed by atoms with E-state index in [4.69, 9.17) is 21.1 Å². The van der Waals surface area contributed by atoms with Crippen LogP contribution >= 0.6 is 11.6 Å². The fraction of sp³-hybridized carbons (Fsp3) is 0.355. The molecule has 9 nitrogen and oxygen atoms in total. The van der Waals surface area contributed by atoms with Crippen LogP contribution in [0.5, 0.6) is 11.5 Å². The summed E-state index contributed by atoms with van der Waals surface area (Å²) in [6, 6.07) is 17.0. The number of sulfonamides is 1. The molecule has 226 valence electrons. The molecule has 0 aliphatic rings. The Bertz CT molecular complexity index is 1490. The van der Waals surface area contributed by atoms with Crippen LogP contribution in [0, 0.1) is 6.92 Å². The molecule has 1 N–H and O–H groups in total. The maximum Gasteiger partial charge on any atom is 0.264 e. The Hall–Kier alpha value is -3.76. The van der Waals surface area contributed by atoms with E-state index in [9.17, 15) is 18.0 Å². The Kier molecular flexibility index (Phi) is 11.2. The number of rotatable bonds is 13. The Morgan fingerprint density at radius 2 is 1.67 bits per heavy atom. The van der Waals surface area contributed by atoms with Gasteiger partial charge >= 0.3 is 0 Å². The van der Waals surface area contributed by atoms with E-state index in [0.29, 0.717) is 17.7 Å². The van der Waals surface area contributed by atoms with E-state index in [0.717, 1.165) is 9.87 Å². The maximum atomic E-state index is 14.2. The quantitative estimate of drug-likeness (QED) is 0.284. The van der Waals surface area contributed by atoms with Crippen LogP contribution in [0.4, 0.5) is 5.69 Å². The first kappa shape index (κ1) is 32.8. The summed E-state index contributed by atoms with van der Waals surface area (Å²) in [6.45, 7) is 6.76. The number of hydrogen-bond acceptors (Lipinski definition) is 6. The Balaban J connectivity index is 2.14. The van der Waals surface area contributed by atoms with Gasteiger partial charge < -0.3 is 19.7 Å². The molecular formula is C31H38ClN3O6S. The number of hydrogen-bond donors (Lipinski definition) is 1. The first-order chi connectivity index (χ1) is 19.9. The smallest absolute Gasteiger partial charge is 0.264 e. The minimum Gasteiger partial charge on any atom is -0.497 e. The van der Waals surface area contributed by atoms with Gasteiger partial charge in [-0.25, -0.2) is 8.42 Å². The number of nitrogens with one attached hydrogen (secondary N) is 1. The number of aryl methyl sites for hydroxylation is 1. The second kappa shape index (κ2) is 14.4. The molecule has 0 unspecified atom stereocenters. The molecule has 1 atom stereocenters. The van der Waals surface area contributed by atoms with Gasteiger partial charge in [-0.1, -0.05) is 48.4 Å². The first-order valence-corrected chi connectivity index (χ1v) is 15.4. The Morgan fingerprint density at radius 3 is 2.26 bits per heavy atom. The molecule has 0 saturated heterocycles. The van der Waals surface area contributed by atoms with Gasteiger partial charge in [0.2, 0.25) is 11.8 Å². The summed E-state index contributed by atoms with van der Waals surface area (Å²) >= 11 is 6.30. The van der Waals surface area contributed by atoms with Gasteiger partial charge in [-0.05, 0) is 75.2 Å². The third-order valence-corrected chi connectivity index (χ3v) is 8.61. The van der Waals surface area contributed by atoms with Crippen molar-refractivity contribution in [3.05, 3.63) is 82.9 Å². The van der Waals surface area contributed by atoms with Gasteiger partial charge in [0.25, 0.3) is 10.0 Å². The van der Waals surface area contributed by atoms with Crippen LogP contribution in [0.1, 0.15) is 38.3 Å². The Labute approximate surface area is 253 Å². The molecule has 0 aliphatic heterocycles. The largest absolute Gasteiger partial charge is 0.497 e. The van der Waals surface area contributed by atoms with E-state index in [2.05, 4.69) is 5.32 Å².